The van der Waals surface area contributed by atoms with E-state index in [-0.39, 0.29) is 5.97 Å². The normalized spacial score (nSPS) is 11.5. The minimum absolute atomic E-state index is 0.0331. The summed E-state index contributed by atoms with van der Waals surface area (Å²) >= 11 is 0. The summed E-state index contributed by atoms with van der Waals surface area (Å²) in [5.74, 6) is 0.0331. The molecule has 0 saturated heterocycles. The summed E-state index contributed by atoms with van der Waals surface area (Å²) in [6.45, 7) is 5.24. The number of carbonyl (C=O) groups excluding carboxylic acids is 1. The van der Waals surface area contributed by atoms with Crippen LogP contribution in [0.15, 0.2) is 0 Å². The van der Waals surface area contributed by atoms with Gasteiger partial charge in [0.2, 0.25) is 0 Å². The van der Waals surface area contributed by atoms with Crippen LogP contribution in [0.2, 0.25) is 0 Å². The molecule has 2 heteroatoms. The zero-order chi connectivity index (χ0) is 36.8. The third-order valence-electron chi connectivity index (χ3n) is 11.5. The lowest BCUT2D eigenvalue weighted by Gasteiger charge is -2.06. The quantitative estimate of drug-likeness (QED) is 0.0463. The second-order valence-electron chi connectivity index (χ2n) is 16.8. The first-order chi connectivity index (χ1) is 25.3. The predicted octanol–water partition coefficient (Wildman–Crippen LogP) is 18.1. The van der Waals surface area contributed by atoms with Crippen LogP contribution >= 0.6 is 0 Å². The molecule has 0 aliphatic carbocycles. The molecule has 0 aromatic rings. The lowest BCUT2D eigenvalue weighted by Crippen LogP contribution is -2.05. The molecule has 0 amide bonds. The molecule has 0 fully saturated rings. The Kier molecular flexibility index (Phi) is 47.0. The maximum atomic E-state index is 12.0. The van der Waals surface area contributed by atoms with E-state index in [2.05, 4.69) is 13.8 Å². The van der Waals surface area contributed by atoms with Crippen LogP contribution < -0.4 is 0 Å². The highest BCUT2D eigenvalue weighted by Crippen LogP contribution is 2.17. The lowest BCUT2D eigenvalue weighted by molar-refractivity contribution is -0.143. The lowest BCUT2D eigenvalue weighted by atomic mass is 10.0. The van der Waals surface area contributed by atoms with Crippen LogP contribution in [0.1, 0.15) is 303 Å². The van der Waals surface area contributed by atoms with Crippen LogP contribution in [-0.2, 0) is 9.53 Å². The van der Waals surface area contributed by atoms with Crippen LogP contribution in [0.3, 0.4) is 0 Å². The summed E-state index contributed by atoms with van der Waals surface area (Å²) in [5, 5.41) is 0. The van der Waals surface area contributed by atoms with Gasteiger partial charge >= 0.3 is 5.97 Å². The first kappa shape index (κ1) is 50.5. The average molecular weight is 719 g/mol. The Morgan fingerprint density at radius 3 is 0.647 bits per heavy atom. The monoisotopic (exact) mass is 719 g/mol. The van der Waals surface area contributed by atoms with Crippen LogP contribution in [0.5, 0.6) is 0 Å². The highest BCUT2D eigenvalue weighted by Gasteiger charge is 2.03. The molecular weight excluding hydrogens is 621 g/mol. The van der Waals surface area contributed by atoms with E-state index in [1.165, 1.54) is 270 Å². The van der Waals surface area contributed by atoms with Crippen molar-refractivity contribution in [1.82, 2.24) is 0 Å². The molecule has 0 bridgehead atoms. The Morgan fingerprint density at radius 1 is 0.255 bits per heavy atom. The second-order valence-corrected chi connectivity index (χ2v) is 16.8. The van der Waals surface area contributed by atoms with E-state index in [0.29, 0.717) is 13.0 Å². The van der Waals surface area contributed by atoms with Gasteiger partial charge in [0.25, 0.3) is 0 Å². The molecule has 2 nitrogen and oxygen atoms in total. The molecule has 51 heavy (non-hydrogen) atoms. The van der Waals surface area contributed by atoms with Gasteiger partial charge in [0, 0.05) is 6.42 Å². The molecule has 0 radical (unpaired) electrons. The van der Waals surface area contributed by atoms with Crippen LogP contribution in [0.4, 0.5) is 0 Å². The Morgan fingerprint density at radius 2 is 0.431 bits per heavy atom. The van der Waals surface area contributed by atoms with Crippen molar-refractivity contribution in [2.75, 3.05) is 6.61 Å². The first-order valence-corrected chi connectivity index (χ1v) is 24.5. The number of rotatable bonds is 46. The van der Waals surface area contributed by atoms with E-state index in [9.17, 15) is 4.79 Å². The number of ether oxygens (including phenoxy) is 1. The van der Waals surface area contributed by atoms with Crippen LogP contribution in [0, 0.1) is 0 Å². The Balaban J connectivity index is 3.13. The first-order valence-electron chi connectivity index (χ1n) is 24.5. The van der Waals surface area contributed by atoms with E-state index in [0.717, 1.165) is 12.8 Å². The van der Waals surface area contributed by atoms with Gasteiger partial charge in [-0.25, -0.2) is 0 Å². The van der Waals surface area contributed by atoms with Gasteiger partial charge in [0.1, 0.15) is 0 Å². The van der Waals surface area contributed by atoms with Crippen LogP contribution in [-0.4, -0.2) is 12.6 Å². The number of hydrogen-bond donors (Lipinski definition) is 0. The molecule has 0 rings (SSSR count). The fourth-order valence-corrected chi connectivity index (χ4v) is 7.85. The maximum Gasteiger partial charge on any atom is 0.305 e. The van der Waals surface area contributed by atoms with Gasteiger partial charge in [-0.1, -0.05) is 284 Å². The topological polar surface area (TPSA) is 26.3 Å². The summed E-state index contributed by atoms with van der Waals surface area (Å²) in [6.07, 6.45) is 62.4. The van der Waals surface area contributed by atoms with Crippen molar-refractivity contribution in [1.29, 1.82) is 0 Å². The van der Waals surface area contributed by atoms with Crippen molar-refractivity contribution in [3.8, 4) is 0 Å². The zero-order valence-electron chi connectivity index (χ0n) is 35.8. The molecule has 0 aromatic heterocycles. The van der Waals surface area contributed by atoms with Gasteiger partial charge in [0.15, 0.2) is 0 Å². The van der Waals surface area contributed by atoms with E-state index in [1.54, 1.807) is 0 Å². The summed E-state index contributed by atoms with van der Waals surface area (Å²) < 4.78 is 5.49. The van der Waals surface area contributed by atoms with Crippen molar-refractivity contribution in [3.63, 3.8) is 0 Å². The van der Waals surface area contributed by atoms with Gasteiger partial charge < -0.3 is 4.74 Å². The summed E-state index contributed by atoms with van der Waals surface area (Å²) in [6, 6.07) is 0. The molecule has 0 heterocycles. The van der Waals surface area contributed by atoms with E-state index >= 15 is 0 Å². The molecule has 0 aliphatic rings. The third kappa shape index (κ3) is 47.4. The smallest absolute Gasteiger partial charge is 0.305 e. The highest BCUT2D eigenvalue weighted by atomic mass is 16.5. The van der Waals surface area contributed by atoms with E-state index < -0.39 is 0 Å². The predicted molar refractivity (Wildman–Crippen MR) is 230 cm³/mol. The molecule has 0 aromatic carbocycles. The summed E-state index contributed by atoms with van der Waals surface area (Å²) in [7, 11) is 0. The largest absolute Gasteiger partial charge is 0.466 e. The van der Waals surface area contributed by atoms with Gasteiger partial charge in [-0.15, -0.1) is 0 Å². The van der Waals surface area contributed by atoms with Crippen molar-refractivity contribution >= 4 is 5.97 Å². The van der Waals surface area contributed by atoms with E-state index in [1.807, 2.05) is 0 Å². The van der Waals surface area contributed by atoms with Gasteiger partial charge in [-0.05, 0) is 12.8 Å². The third-order valence-corrected chi connectivity index (χ3v) is 11.5. The fraction of sp³-hybridized carbons (Fsp3) is 0.980. The molecule has 0 N–H and O–H groups in total. The SMILES string of the molecule is CCCCCCCCCCCCCCCCCCCCCCCCCCCCCOC(=O)CCCCCCCCCCCCCCCCCCC. The number of hydrogen-bond acceptors (Lipinski definition) is 2. The standard InChI is InChI=1S/C49H98O2/c1-3-5-7-9-11-13-15-17-19-21-22-23-24-25-26-27-28-29-30-32-34-36-38-40-42-44-46-48-51-49(50)47-45-43-41-39-37-35-33-31-20-18-16-14-12-10-8-6-4-2/h3-48H2,1-2H3. The van der Waals surface area contributed by atoms with Gasteiger partial charge in [-0.2, -0.15) is 0 Å². The molecule has 0 aliphatic heterocycles. The molecule has 0 unspecified atom stereocenters. The van der Waals surface area contributed by atoms with Crippen molar-refractivity contribution in [2.45, 2.75) is 303 Å². The summed E-state index contributed by atoms with van der Waals surface area (Å²) in [4.78, 5) is 12.0. The van der Waals surface area contributed by atoms with Crippen molar-refractivity contribution < 1.29 is 9.53 Å². The minimum atomic E-state index is 0.0331. The minimum Gasteiger partial charge on any atom is -0.466 e. The Bertz CT molecular complexity index is 615. The highest BCUT2D eigenvalue weighted by molar-refractivity contribution is 5.69. The molecule has 0 saturated carbocycles. The fourth-order valence-electron chi connectivity index (χ4n) is 7.85. The van der Waals surface area contributed by atoms with E-state index in [4.69, 9.17) is 4.74 Å². The zero-order valence-corrected chi connectivity index (χ0v) is 35.8. The Labute approximate surface area is 324 Å². The molecule has 0 atom stereocenters. The van der Waals surface area contributed by atoms with Crippen molar-refractivity contribution in [3.05, 3.63) is 0 Å². The average Bonchev–Trinajstić information content (AvgIpc) is 3.14. The Hall–Kier alpha value is -0.530. The molecular formula is C49H98O2. The number of carbonyl (C=O) groups is 1. The second kappa shape index (κ2) is 47.5. The van der Waals surface area contributed by atoms with Gasteiger partial charge in [-0.3, -0.25) is 4.79 Å². The van der Waals surface area contributed by atoms with Crippen LogP contribution in [0.25, 0.3) is 0 Å². The van der Waals surface area contributed by atoms with Gasteiger partial charge in [0.05, 0.1) is 6.61 Å². The summed E-state index contributed by atoms with van der Waals surface area (Å²) in [5.41, 5.74) is 0. The molecule has 0 spiro atoms. The molecule has 306 valence electrons. The number of esters is 1. The van der Waals surface area contributed by atoms with Crippen molar-refractivity contribution in [2.24, 2.45) is 0 Å². The number of unbranched alkanes of at least 4 members (excludes halogenated alkanes) is 42. The maximum absolute atomic E-state index is 12.0.